The Balaban J connectivity index is 2.35. The highest BCUT2D eigenvalue weighted by Crippen LogP contribution is 2.23. The number of aromatic nitrogens is 4. The number of halogens is 1. The molecular formula is C11H14BrN5. The van der Waals surface area contributed by atoms with Gasteiger partial charge in [0.25, 0.3) is 0 Å². The number of benzene rings is 1. The van der Waals surface area contributed by atoms with Crippen LogP contribution >= 0.6 is 15.9 Å². The summed E-state index contributed by atoms with van der Waals surface area (Å²) in [4.78, 5) is 1.48. The predicted octanol–water partition coefficient (Wildman–Crippen LogP) is 1.32. The molecule has 2 aromatic rings. The third-order valence-corrected chi connectivity index (χ3v) is 2.99. The van der Waals surface area contributed by atoms with Crippen molar-refractivity contribution in [3.63, 3.8) is 0 Å². The SMILES string of the molecule is CNCC(c1cccc(Br)c1)c1nnn(C)n1. The maximum absolute atomic E-state index is 4.27. The van der Waals surface area contributed by atoms with E-state index in [1.807, 2.05) is 19.2 Å². The van der Waals surface area contributed by atoms with Crippen LogP contribution in [0.15, 0.2) is 28.7 Å². The van der Waals surface area contributed by atoms with Crippen LogP contribution in [0.25, 0.3) is 0 Å². The molecule has 0 spiro atoms. The molecule has 0 fully saturated rings. The summed E-state index contributed by atoms with van der Waals surface area (Å²) < 4.78 is 1.06. The normalized spacial score (nSPS) is 12.6. The minimum Gasteiger partial charge on any atom is -0.319 e. The first-order chi connectivity index (χ1) is 8.20. The van der Waals surface area contributed by atoms with Crippen molar-refractivity contribution in [2.24, 2.45) is 7.05 Å². The molecule has 0 radical (unpaired) electrons. The summed E-state index contributed by atoms with van der Waals surface area (Å²) in [5.41, 5.74) is 1.17. The maximum atomic E-state index is 4.27. The second-order valence-electron chi connectivity index (χ2n) is 3.80. The molecule has 1 unspecified atom stereocenters. The van der Waals surface area contributed by atoms with Crippen molar-refractivity contribution < 1.29 is 0 Å². The van der Waals surface area contributed by atoms with E-state index >= 15 is 0 Å². The van der Waals surface area contributed by atoms with Gasteiger partial charge in [0.1, 0.15) is 0 Å². The summed E-state index contributed by atoms with van der Waals surface area (Å²) in [6, 6.07) is 8.17. The van der Waals surface area contributed by atoms with Crippen LogP contribution in [-0.2, 0) is 7.05 Å². The number of hydrogen-bond donors (Lipinski definition) is 1. The Morgan fingerprint density at radius 2 is 2.29 bits per heavy atom. The smallest absolute Gasteiger partial charge is 0.183 e. The van der Waals surface area contributed by atoms with E-state index in [0.29, 0.717) is 0 Å². The van der Waals surface area contributed by atoms with E-state index in [4.69, 9.17) is 0 Å². The summed E-state index contributed by atoms with van der Waals surface area (Å²) in [7, 11) is 3.69. The zero-order chi connectivity index (χ0) is 12.3. The molecule has 1 atom stereocenters. The van der Waals surface area contributed by atoms with E-state index in [1.165, 1.54) is 10.4 Å². The van der Waals surface area contributed by atoms with Crippen LogP contribution in [0.1, 0.15) is 17.3 Å². The van der Waals surface area contributed by atoms with Gasteiger partial charge < -0.3 is 5.32 Å². The number of nitrogens with zero attached hydrogens (tertiary/aromatic N) is 4. The molecule has 0 bridgehead atoms. The monoisotopic (exact) mass is 295 g/mol. The number of likely N-dealkylation sites (N-methyl/N-ethyl adjacent to an activating group) is 1. The number of aryl methyl sites for hydroxylation is 1. The molecule has 5 nitrogen and oxygen atoms in total. The van der Waals surface area contributed by atoms with Crippen molar-refractivity contribution in [1.29, 1.82) is 0 Å². The molecule has 1 heterocycles. The molecule has 2 rings (SSSR count). The number of nitrogens with one attached hydrogen (secondary N) is 1. The lowest BCUT2D eigenvalue weighted by molar-refractivity contribution is 0.619. The van der Waals surface area contributed by atoms with Gasteiger partial charge in [-0.15, -0.1) is 10.2 Å². The van der Waals surface area contributed by atoms with Crippen LogP contribution in [-0.4, -0.2) is 33.8 Å². The Labute approximate surface area is 108 Å². The highest BCUT2D eigenvalue weighted by molar-refractivity contribution is 9.10. The lowest BCUT2D eigenvalue weighted by Gasteiger charge is -2.13. The summed E-state index contributed by atoms with van der Waals surface area (Å²) in [5, 5.41) is 15.4. The lowest BCUT2D eigenvalue weighted by Crippen LogP contribution is -2.19. The maximum Gasteiger partial charge on any atom is 0.183 e. The van der Waals surface area contributed by atoms with Gasteiger partial charge in [0.05, 0.1) is 13.0 Å². The largest absolute Gasteiger partial charge is 0.319 e. The molecule has 0 saturated heterocycles. The fraction of sp³-hybridized carbons (Fsp3) is 0.364. The van der Waals surface area contributed by atoms with E-state index in [9.17, 15) is 0 Å². The molecule has 1 N–H and O–H groups in total. The van der Waals surface area contributed by atoms with Crippen molar-refractivity contribution in [3.05, 3.63) is 40.1 Å². The standard InChI is InChI=1S/C11H14BrN5/c1-13-7-10(11-14-16-17(2)15-11)8-4-3-5-9(12)6-8/h3-6,10,13H,7H2,1-2H3. The topological polar surface area (TPSA) is 55.6 Å². The Morgan fingerprint density at radius 3 is 2.88 bits per heavy atom. The van der Waals surface area contributed by atoms with E-state index in [0.717, 1.165) is 16.8 Å². The lowest BCUT2D eigenvalue weighted by atomic mass is 9.98. The van der Waals surface area contributed by atoms with Gasteiger partial charge in [-0.05, 0) is 30.0 Å². The van der Waals surface area contributed by atoms with Crippen molar-refractivity contribution in [2.75, 3.05) is 13.6 Å². The first-order valence-corrected chi connectivity index (χ1v) is 6.14. The van der Waals surface area contributed by atoms with E-state index in [1.54, 1.807) is 7.05 Å². The molecule has 1 aromatic heterocycles. The molecule has 0 aliphatic rings. The van der Waals surface area contributed by atoms with Gasteiger partial charge >= 0.3 is 0 Å². The van der Waals surface area contributed by atoms with Crippen LogP contribution in [0, 0.1) is 0 Å². The summed E-state index contributed by atoms with van der Waals surface area (Å²) in [6.45, 7) is 0.780. The van der Waals surface area contributed by atoms with Crippen molar-refractivity contribution in [1.82, 2.24) is 25.5 Å². The first kappa shape index (κ1) is 12.2. The summed E-state index contributed by atoms with van der Waals surface area (Å²) in [6.07, 6.45) is 0. The Bertz CT molecular complexity index is 496. The predicted molar refractivity (Wildman–Crippen MR) is 68.7 cm³/mol. The molecule has 0 saturated carbocycles. The fourth-order valence-electron chi connectivity index (χ4n) is 1.72. The molecule has 90 valence electrons. The van der Waals surface area contributed by atoms with Crippen LogP contribution in [0.2, 0.25) is 0 Å². The number of hydrogen-bond acceptors (Lipinski definition) is 4. The van der Waals surface area contributed by atoms with Gasteiger partial charge in [0.15, 0.2) is 5.82 Å². The Morgan fingerprint density at radius 1 is 1.47 bits per heavy atom. The molecule has 17 heavy (non-hydrogen) atoms. The minimum absolute atomic E-state index is 0.117. The van der Waals surface area contributed by atoms with Crippen molar-refractivity contribution >= 4 is 15.9 Å². The zero-order valence-corrected chi connectivity index (χ0v) is 11.3. The minimum atomic E-state index is 0.117. The van der Waals surface area contributed by atoms with Gasteiger partial charge in [-0.3, -0.25) is 0 Å². The fourth-order valence-corrected chi connectivity index (χ4v) is 2.14. The zero-order valence-electron chi connectivity index (χ0n) is 9.76. The summed E-state index contributed by atoms with van der Waals surface area (Å²) >= 11 is 3.48. The third-order valence-electron chi connectivity index (χ3n) is 2.49. The second kappa shape index (κ2) is 5.37. The quantitative estimate of drug-likeness (QED) is 0.924. The van der Waals surface area contributed by atoms with E-state index in [-0.39, 0.29) is 5.92 Å². The van der Waals surface area contributed by atoms with E-state index in [2.05, 4.69) is 48.8 Å². The van der Waals surface area contributed by atoms with Crippen LogP contribution in [0.5, 0.6) is 0 Å². The van der Waals surface area contributed by atoms with Crippen LogP contribution in [0.4, 0.5) is 0 Å². The Hall–Kier alpha value is -1.27. The summed E-state index contributed by atoms with van der Waals surface area (Å²) in [5.74, 6) is 0.853. The van der Waals surface area contributed by atoms with Crippen LogP contribution in [0.3, 0.4) is 0 Å². The number of tetrazole rings is 1. The second-order valence-corrected chi connectivity index (χ2v) is 4.72. The molecule has 0 aliphatic heterocycles. The van der Waals surface area contributed by atoms with Crippen molar-refractivity contribution in [2.45, 2.75) is 5.92 Å². The molecular weight excluding hydrogens is 282 g/mol. The van der Waals surface area contributed by atoms with Gasteiger partial charge in [-0.2, -0.15) is 4.80 Å². The molecule has 6 heteroatoms. The highest BCUT2D eigenvalue weighted by atomic mass is 79.9. The number of rotatable bonds is 4. The first-order valence-electron chi connectivity index (χ1n) is 5.34. The Kier molecular flexibility index (Phi) is 3.86. The average Bonchev–Trinajstić information content (AvgIpc) is 2.72. The van der Waals surface area contributed by atoms with Gasteiger partial charge in [-0.1, -0.05) is 28.1 Å². The van der Waals surface area contributed by atoms with Gasteiger partial charge in [0, 0.05) is 11.0 Å². The molecule has 0 aliphatic carbocycles. The van der Waals surface area contributed by atoms with E-state index < -0.39 is 0 Å². The van der Waals surface area contributed by atoms with Gasteiger partial charge in [0.2, 0.25) is 0 Å². The van der Waals surface area contributed by atoms with Gasteiger partial charge in [-0.25, -0.2) is 0 Å². The third kappa shape index (κ3) is 2.89. The molecule has 1 aromatic carbocycles. The highest BCUT2D eigenvalue weighted by Gasteiger charge is 2.18. The van der Waals surface area contributed by atoms with Crippen molar-refractivity contribution in [3.8, 4) is 0 Å². The molecule has 0 amide bonds. The van der Waals surface area contributed by atoms with Crippen LogP contribution < -0.4 is 5.32 Å². The average molecular weight is 296 g/mol.